The molecule has 0 radical (unpaired) electrons. The molecule has 0 aliphatic heterocycles. The molecular weight excluding hydrogens is 510 g/mol. The molecule has 196 valence electrons. The van der Waals surface area contributed by atoms with Crippen LogP contribution in [-0.4, -0.2) is 15.0 Å². The van der Waals surface area contributed by atoms with E-state index in [4.69, 9.17) is 9.97 Å². The van der Waals surface area contributed by atoms with Crippen LogP contribution in [0.5, 0.6) is 0 Å². The molecule has 2 aromatic heterocycles. The summed E-state index contributed by atoms with van der Waals surface area (Å²) in [6.45, 7) is 0. The second kappa shape index (κ2) is 10.1. The average Bonchev–Trinajstić information content (AvgIpc) is 3.08. The lowest BCUT2D eigenvalue weighted by Crippen LogP contribution is -1.97. The maximum atomic E-state index is 5.16. The van der Waals surface area contributed by atoms with E-state index in [-0.39, 0.29) is 0 Å². The van der Waals surface area contributed by atoms with Crippen molar-refractivity contribution in [2.24, 2.45) is 0 Å². The van der Waals surface area contributed by atoms with Gasteiger partial charge in [-0.1, -0.05) is 115 Å². The van der Waals surface area contributed by atoms with E-state index >= 15 is 0 Å². The molecule has 3 nitrogen and oxygen atoms in total. The first-order chi connectivity index (χ1) is 20.8. The monoisotopic (exact) mass is 535 g/mol. The van der Waals surface area contributed by atoms with Crippen LogP contribution in [0, 0.1) is 0 Å². The highest BCUT2D eigenvalue weighted by Crippen LogP contribution is 2.37. The summed E-state index contributed by atoms with van der Waals surface area (Å²) in [7, 11) is 0. The Bertz CT molecular complexity index is 2250. The maximum absolute atomic E-state index is 5.16. The van der Waals surface area contributed by atoms with Gasteiger partial charge >= 0.3 is 0 Å². The van der Waals surface area contributed by atoms with E-state index in [0.29, 0.717) is 5.82 Å². The van der Waals surface area contributed by atoms with Crippen molar-refractivity contribution >= 4 is 32.4 Å². The van der Waals surface area contributed by atoms with Gasteiger partial charge in [-0.15, -0.1) is 0 Å². The topological polar surface area (TPSA) is 38.7 Å². The molecular formula is C39H25N3. The number of pyridine rings is 1. The summed E-state index contributed by atoms with van der Waals surface area (Å²) in [6, 6.07) is 50.9. The van der Waals surface area contributed by atoms with E-state index in [2.05, 4.69) is 114 Å². The summed E-state index contributed by atoms with van der Waals surface area (Å²) in [6.07, 6.45) is 1.82. The third-order valence-electron chi connectivity index (χ3n) is 7.92. The van der Waals surface area contributed by atoms with E-state index in [9.17, 15) is 0 Å². The van der Waals surface area contributed by atoms with E-state index in [0.717, 1.165) is 44.5 Å². The van der Waals surface area contributed by atoms with Crippen molar-refractivity contribution in [1.29, 1.82) is 0 Å². The number of hydrogen-bond acceptors (Lipinski definition) is 3. The summed E-state index contributed by atoms with van der Waals surface area (Å²) in [4.78, 5) is 14.8. The second-order valence-corrected chi connectivity index (χ2v) is 10.5. The van der Waals surface area contributed by atoms with Gasteiger partial charge in [0.15, 0.2) is 5.82 Å². The Morgan fingerprint density at radius 2 is 1.05 bits per heavy atom. The molecule has 0 N–H and O–H groups in total. The molecule has 0 spiro atoms. The number of aromatic nitrogens is 3. The highest BCUT2D eigenvalue weighted by molar-refractivity contribution is 6.13. The molecule has 3 heteroatoms. The largest absolute Gasteiger partial charge is 0.256 e. The molecule has 0 atom stereocenters. The van der Waals surface area contributed by atoms with E-state index in [1.807, 2.05) is 42.6 Å². The van der Waals surface area contributed by atoms with Gasteiger partial charge in [-0.25, -0.2) is 9.97 Å². The summed E-state index contributed by atoms with van der Waals surface area (Å²) in [5.74, 6) is 0.687. The standard InChI is InChI=1S/C39H25N3/c1-2-11-26(12-3-1)37-25-38(42-39(41-37)34-19-9-21-36-33(34)20-10-22-40-36)29-15-8-14-27(23-29)35-24-28-13-4-5-16-30(28)31-17-6-7-18-32(31)35/h1-25H. The summed E-state index contributed by atoms with van der Waals surface area (Å²) in [5, 5.41) is 6.04. The SMILES string of the molecule is c1ccc(-c2cc(-c3cccc(-c4cc5ccccc5c5ccccc45)c3)nc(-c3cccc4ncccc34)n2)cc1. The van der Waals surface area contributed by atoms with E-state index < -0.39 is 0 Å². The van der Waals surface area contributed by atoms with Crippen molar-refractivity contribution in [3.8, 4) is 45.0 Å². The molecule has 0 saturated heterocycles. The molecule has 0 bridgehead atoms. The van der Waals surface area contributed by atoms with Gasteiger partial charge in [0.05, 0.1) is 16.9 Å². The van der Waals surface area contributed by atoms with Gasteiger partial charge in [0.1, 0.15) is 0 Å². The second-order valence-electron chi connectivity index (χ2n) is 10.5. The molecule has 0 aliphatic rings. The van der Waals surface area contributed by atoms with Crippen LogP contribution in [-0.2, 0) is 0 Å². The van der Waals surface area contributed by atoms with E-state index in [1.165, 1.54) is 27.1 Å². The fourth-order valence-electron chi connectivity index (χ4n) is 5.91. The number of fused-ring (bicyclic) bond motifs is 4. The molecule has 42 heavy (non-hydrogen) atoms. The van der Waals surface area contributed by atoms with Crippen molar-refractivity contribution in [2.75, 3.05) is 0 Å². The van der Waals surface area contributed by atoms with Crippen molar-refractivity contribution in [1.82, 2.24) is 15.0 Å². The number of nitrogens with zero attached hydrogens (tertiary/aromatic N) is 3. The van der Waals surface area contributed by atoms with E-state index in [1.54, 1.807) is 0 Å². The van der Waals surface area contributed by atoms with Gasteiger partial charge in [-0.05, 0) is 63.0 Å². The molecule has 0 amide bonds. The maximum Gasteiger partial charge on any atom is 0.161 e. The first-order valence-corrected chi connectivity index (χ1v) is 14.1. The first-order valence-electron chi connectivity index (χ1n) is 14.1. The van der Waals surface area contributed by atoms with Gasteiger partial charge in [0, 0.05) is 28.3 Å². The van der Waals surface area contributed by atoms with Crippen LogP contribution in [0.15, 0.2) is 152 Å². The summed E-state index contributed by atoms with van der Waals surface area (Å²) < 4.78 is 0. The Labute approximate surface area is 243 Å². The third-order valence-corrected chi connectivity index (χ3v) is 7.92. The number of rotatable bonds is 4. The van der Waals surface area contributed by atoms with Crippen LogP contribution in [0.4, 0.5) is 0 Å². The third kappa shape index (κ3) is 4.20. The zero-order valence-corrected chi connectivity index (χ0v) is 22.8. The fraction of sp³-hybridized carbons (Fsp3) is 0. The van der Waals surface area contributed by atoms with Crippen LogP contribution < -0.4 is 0 Å². The fourth-order valence-corrected chi connectivity index (χ4v) is 5.91. The average molecular weight is 536 g/mol. The first kappa shape index (κ1) is 24.2. The highest BCUT2D eigenvalue weighted by atomic mass is 14.9. The highest BCUT2D eigenvalue weighted by Gasteiger charge is 2.14. The van der Waals surface area contributed by atoms with Crippen molar-refractivity contribution in [2.45, 2.75) is 0 Å². The zero-order chi connectivity index (χ0) is 27.9. The van der Waals surface area contributed by atoms with Crippen LogP contribution in [0.25, 0.3) is 77.5 Å². The normalized spacial score (nSPS) is 11.3. The van der Waals surface area contributed by atoms with Crippen LogP contribution in [0.3, 0.4) is 0 Å². The molecule has 8 rings (SSSR count). The number of benzene rings is 6. The van der Waals surface area contributed by atoms with Crippen molar-refractivity contribution in [3.05, 3.63) is 152 Å². The molecule has 0 aliphatic carbocycles. The lowest BCUT2D eigenvalue weighted by atomic mass is 9.92. The number of hydrogen-bond donors (Lipinski definition) is 0. The molecule has 0 fully saturated rings. The van der Waals surface area contributed by atoms with Crippen molar-refractivity contribution < 1.29 is 0 Å². The smallest absolute Gasteiger partial charge is 0.161 e. The predicted molar refractivity (Wildman–Crippen MR) is 174 cm³/mol. The molecule has 2 heterocycles. The molecule has 0 unspecified atom stereocenters. The summed E-state index contributed by atoms with van der Waals surface area (Å²) >= 11 is 0. The lowest BCUT2D eigenvalue weighted by molar-refractivity contribution is 1.19. The minimum atomic E-state index is 0.687. The minimum Gasteiger partial charge on any atom is -0.256 e. The van der Waals surface area contributed by atoms with Crippen LogP contribution in [0.1, 0.15) is 0 Å². The van der Waals surface area contributed by atoms with Crippen LogP contribution in [0.2, 0.25) is 0 Å². The Morgan fingerprint density at radius 1 is 0.381 bits per heavy atom. The lowest BCUT2D eigenvalue weighted by Gasteiger charge is -2.13. The van der Waals surface area contributed by atoms with Crippen LogP contribution >= 0.6 is 0 Å². The molecule has 6 aromatic carbocycles. The van der Waals surface area contributed by atoms with Gasteiger partial charge in [0.25, 0.3) is 0 Å². The Hall–Kier alpha value is -5.67. The Kier molecular flexibility index (Phi) is 5.79. The predicted octanol–water partition coefficient (Wildman–Crippen LogP) is 10.00. The van der Waals surface area contributed by atoms with Gasteiger partial charge in [-0.2, -0.15) is 0 Å². The molecule has 0 saturated carbocycles. The minimum absolute atomic E-state index is 0.687. The van der Waals surface area contributed by atoms with Gasteiger partial charge in [0.2, 0.25) is 0 Å². The quantitative estimate of drug-likeness (QED) is 0.211. The van der Waals surface area contributed by atoms with Gasteiger partial charge < -0.3 is 0 Å². The van der Waals surface area contributed by atoms with Crippen molar-refractivity contribution in [3.63, 3.8) is 0 Å². The summed E-state index contributed by atoms with van der Waals surface area (Å²) in [5.41, 5.74) is 8.13. The Morgan fingerprint density at radius 3 is 1.93 bits per heavy atom. The zero-order valence-electron chi connectivity index (χ0n) is 22.8. The van der Waals surface area contributed by atoms with Gasteiger partial charge in [-0.3, -0.25) is 4.98 Å². The Balaban J connectivity index is 1.34. The molecule has 8 aromatic rings.